The van der Waals surface area contributed by atoms with Gasteiger partial charge < -0.3 is 19.5 Å². The standard InChI is InChI=1S/C24H23N3O5S2/c1-27-23(29)22-16(12-19(34-22)14-8-6-5-7-9-14)26-24(27)33-13-20(28)25-15-10-17(30-2)21(32-4)18(11-15)31-3/h5-12H,13H2,1-4H3,(H,25,28). The van der Waals surface area contributed by atoms with Gasteiger partial charge in [0.2, 0.25) is 11.7 Å². The van der Waals surface area contributed by atoms with E-state index in [4.69, 9.17) is 14.2 Å². The first-order chi connectivity index (χ1) is 16.4. The third-order valence-corrected chi connectivity index (χ3v) is 7.24. The number of hydrogen-bond acceptors (Lipinski definition) is 8. The molecule has 0 unspecified atom stereocenters. The highest BCUT2D eigenvalue weighted by molar-refractivity contribution is 7.99. The highest BCUT2D eigenvalue weighted by Gasteiger charge is 2.17. The van der Waals surface area contributed by atoms with Crippen LogP contribution < -0.4 is 25.1 Å². The zero-order valence-electron chi connectivity index (χ0n) is 19.1. The molecule has 0 saturated carbocycles. The van der Waals surface area contributed by atoms with Gasteiger partial charge in [-0.1, -0.05) is 42.1 Å². The topological polar surface area (TPSA) is 91.7 Å². The summed E-state index contributed by atoms with van der Waals surface area (Å²) in [7, 11) is 6.19. The van der Waals surface area contributed by atoms with Gasteiger partial charge >= 0.3 is 0 Å². The Balaban J connectivity index is 1.53. The summed E-state index contributed by atoms with van der Waals surface area (Å²) in [5, 5.41) is 3.29. The van der Waals surface area contributed by atoms with Crippen molar-refractivity contribution in [2.75, 3.05) is 32.4 Å². The molecule has 1 N–H and O–H groups in total. The van der Waals surface area contributed by atoms with E-state index in [0.29, 0.717) is 38.3 Å². The Hall–Kier alpha value is -3.50. The Morgan fingerprint density at radius 1 is 1.06 bits per heavy atom. The fourth-order valence-corrected chi connectivity index (χ4v) is 5.24. The van der Waals surface area contributed by atoms with Crippen molar-refractivity contribution in [3.8, 4) is 27.7 Å². The van der Waals surface area contributed by atoms with Crippen molar-refractivity contribution in [2.24, 2.45) is 7.05 Å². The Bertz CT molecular complexity index is 1370. The molecule has 0 spiro atoms. The van der Waals surface area contributed by atoms with E-state index in [-0.39, 0.29) is 17.2 Å². The fourth-order valence-electron chi connectivity index (χ4n) is 3.39. The first kappa shape index (κ1) is 23.7. The van der Waals surface area contributed by atoms with Gasteiger partial charge in [-0.25, -0.2) is 4.98 Å². The van der Waals surface area contributed by atoms with Crippen molar-refractivity contribution in [1.82, 2.24) is 9.55 Å². The number of thioether (sulfide) groups is 1. The summed E-state index contributed by atoms with van der Waals surface area (Å²) < 4.78 is 18.0. The summed E-state index contributed by atoms with van der Waals surface area (Å²) in [6.07, 6.45) is 0. The molecule has 1 amide bonds. The number of benzene rings is 2. The Morgan fingerprint density at radius 2 is 1.74 bits per heavy atom. The van der Waals surface area contributed by atoms with Gasteiger partial charge in [0.1, 0.15) is 4.70 Å². The Kier molecular flexibility index (Phi) is 7.09. The van der Waals surface area contributed by atoms with Crippen LogP contribution in [0.15, 0.2) is 58.5 Å². The van der Waals surface area contributed by atoms with E-state index in [1.165, 1.54) is 49.0 Å². The van der Waals surface area contributed by atoms with Crippen molar-refractivity contribution in [2.45, 2.75) is 5.16 Å². The molecular weight excluding hydrogens is 474 g/mol. The molecule has 34 heavy (non-hydrogen) atoms. The number of aromatic nitrogens is 2. The molecule has 0 aliphatic heterocycles. The molecule has 4 rings (SSSR count). The molecule has 10 heteroatoms. The minimum atomic E-state index is -0.260. The highest BCUT2D eigenvalue weighted by Crippen LogP contribution is 2.40. The molecule has 0 fully saturated rings. The first-order valence-corrected chi connectivity index (χ1v) is 12.0. The van der Waals surface area contributed by atoms with E-state index in [1.807, 2.05) is 36.4 Å². The van der Waals surface area contributed by atoms with Crippen molar-refractivity contribution in [3.05, 3.63) is 58.9 Å². The number of thiophene rings is 1. The number of ether oxygens (including phenoxy) is 3. The number of nitrogens with zero attached hydrogens (tertiary/aromatic N) is 2. The van der Waals surface area contributed by atoms with Crippen LogP contribution >= 0.6 is 23.1 Å². The third kappa shape index (κ3) is 4.73. The highest BCUT2D eigenvalue weighted by atomic mass is 32.2. The van der Waals surface area contributed by atoms with Crippen molar-refractivity contribution in [1.29, 1.82) is 0 Å². The fraction of sp³-hybridized carbons (Fsp3) is 0.208. The molecule has 8 nitrogen and oxygen atoms in total. The lowest BCUT2D eigenvalue weighted by atomic mass is 10.2. The summed E-state index contributed by atoms with van der Waals surface area (Å²) in [6, 6.07) is 15.1. The van der Waals surface area contributed by atoms with E-state index >= 15 is 0 Å². The van der Waals surface area contributed by atoms with Crippen LogP contribution in [0, 0.1) is 0 Å². The average Bonchev–Trinajstić information content (AvgIpc) is 3.29. The minimum Gasteiger partial charge on any atom is -0.493 e. The first-order valence-electron chi connectivity index (χ1n) is 10.2. The van der Waals surface area contributed by atoms with Crippen molar-refractivity contribution in [3.63, 3.8) is 0 Å². The predicted octanol–water partition coefficient (Wildman–Crippen LogP) is 4.42. The monoisotopic (exact) mass is 497 g/mol. The molecule has 2 heterocycles. The van der Waals surface area contributed by atoms with E-state index in [1.54, 1.807) is 19.2 Å². The van der Waals surface area contributed by atoms with Gasteiger partial charge in [-0.05, 0) is 11.6 Å². The summed E-state index contributed by atoms with van der Waals surface area (Å²) in [6.45, 7) is 0. The zero-order valence-corrected chi connectivity index (χ0v) is 20.7. The largest absolute Gasteiger partial charge is 0.493 e. The van der Waals surface area contributed by atoms with Gasteiger partial charge in [-0.3, -0.25) is 14.2 Å². The second-order valence-corrected chi connectivity index (χ2v) is 9.20. The molecule has 0 saturated heterocycles. The Labute approximate surface area is 204 Å². The predicted molar refractivity (Wildman–Crippen MR) is 136 cm³/mol. The maximum atomic E-state index is 12.9. The minimum absolute atomic E-state index is 0.0676. The SMILES string of the molecule is COc1cc(NC(=O)CSc2nc3cc(-c4ccccc4)sc3c(=O)n2C)cc(OC)c1OC. The van der Waals surface area contributed by atoms with Crippen LogP contribution in [-0.2, 0) is 11.8 Å². The number of fused-ring (bicyclic) bond motifs is 1. The zero-order chi connectivity index (χ0) is 24.2. The maximum absolute atomic E-state index is 12.9. The number of amides is 1. The molecule has 0 aliphatic rings. The van der Waals surface area contributed by atoms with Crippen molar-refractivity contribution >= 4 is 44.9 Å². The summed E-state index contributed by atoms with van der Waals surface area (Å²) in [4.78, 5) is 31.2. The number of nitrogens with one attached hydrogen (secondary N) is 1. The van der Waals surface area contributed by atoms with Gasteiger partial charge in [0.25, 0.3) is 5.56 Å². The number of rotatable bonds is 8. The maximum Gasteiger partial charge on any atom is 0.271 e. The van der Waals surface area contributed by atoms with Crippen molar-refractivity contribution < 1.29 is 19.0 Å². The summed E-state index contributed by atoms with van der Waals surface area (Å²) in [5.41, 5.74) is 2.03. The molecule has 176 valence electrons. The number of carbonyl (C=O) groups excluding carboxylic acids is 1. The number of anilines is 1. The normalized spacial score (nSPS) is 10.8. The molecule has 0 aliphatic carbocycles. The molecule has 2 aromatic carbocycles. The van der Waals surface area contributed by atoms with Gasteiger partial charge in [0.15, 0.2) is 16.7 Å². The van der Waals surface area contributed by atoms with Gasteiger partial charge in [0.05, 0.1) is 32.6 Å². The lowest BCUT2D eigenvalue weighted by Crippen LogP contribution is -2.20. The van der Waals surface area contributed by atoms with Gasteiger partial charge in [0, 0.05) is 29.7 Å². The van der Waals surface area contributed by atoms with Gasteiger partial charge in [-0.15, -0.1) is 11.3 Å². The van der Waals surface area contributed by atoms with Crippen LogP contribution in [0.25, 0.3) is 20.7 Å². The van der Waals surface area contributed by atoms with Gasteiger partial charge in [-0.2, -0.15) is 0 Å². The van der Waals surface area contributed by atoms with E-state index in [0.717, 1.165) is 10.4 Å². The van der Waals surface area contributed by atoms with Crippen LogP contribution in [0.2, 0.25) is 0 Å². The third-order valence-electron chi connectivity index (χ3n) is 5.05. The molecule has 0 radical (unpaired) electrons. The Morgan fingerprint density at radius 3 is 2.35 bits per heavy atom. The molecule has 4 aromatic rings. The number of carbonyl (C=O) groups is 1. The molecule has 2 aromatic heterocycles. The quantitative estimate of drug-likeness (QED) is 0.285. The summed E-state index contributed by atoms with van der Waals surface area (Å²) >= 11 is 2.61. The number of hydrogen-bond donors (Lipinski definition) is 1. The lowest BCUT2D eigenvalue weighted by molar-refractivity contribution is -0.113. The molecular formula is C24H23N3O5S2. The smallest absolute Gasteiger partial charge is 0.271 e. The van der Waals surface area contributed by atoms with E-state index in [9.17, 15) is 9.59 Å². The van der Waals surface area contributed by atoms with Crippen LogP contribution in [0.3, 0.4) is 0 Å². The molecule has 0 atom stereocenters. The summed E-state index contributed by atoms with van der Waals surface area (Å²) in [5.74, 6) is 1.12. The second kappa shape index (κ2) is 10.2. The number of methoxy groups -OCH3 is 3. The van der Waals surface area contributed by atoms with Crippen LogP contribution in [-0.4, -0.2) is 42.5 Å². The van der Waals surface area contributed by atoms with Crippen LogP contribution in [0.4, 0.5) is 5.69 Å². The average molecular weight is 498 g/mol. The second-order valence-electron chi connectivity index (χ2n) is 7.20. The van der Waals surface area contributed by atoms with Crippen LogP contribution in [0.1, 0.15) is 0 Å². The van der Waals surface area contributed by atoms with E-state index < -0.39 is 0 Å². The van der Waals surface area contributed by atoms with Crippen LogP contribution in [0.5, 0.6) is 17.2 Å². The van der Waals surface area contributed by atoms with E-state index in [2.05, 4.69) is 10.3 Å². The molecule has 0 bridgehead atoms. The lowest BCUT2D eigenvalue weighted by Gasteiger charge is -2.14.